The van der Waals surface area contributed by atoms with Crippen molar-refractivity contribution in [1.29, 1.82) is 0 Å². The van der Waals surface area contributed by atoms with Crippen molar-refractivity contribution >= 4 is 10.0 Å². The molecule has 3 rings (SSSR count). The van der Waals surface area contributed by atoms with Crippen molar-refractivity contribution in [3.8, 4) is 0 Å². The molecule has 1 N–H and O–H groups in total. The summed E-state index contributed by atoms with van der Waals surface area (Å²) >= 11 is 0. The molecule has 7 nitrogen and oxygen atoms in total. The van der Waals surface area contributed by atoms with Crippen LogP contribution < -0.4 is 4.72 Å². The zero-order valence-electron chi connectivity index (χ0n) is 11.6. The Balaban J connectivity index is 1.74. The van der Waals surface area contributed by atoms with Crippen LogP contribution in [0.4, 0.5) is 0 Å². The number of aromatic nitrogens is 3. The second kappa shape index (κ2) is 5.55. The van der Waals surface area contributed by atoms with Crippen molar-refractivity contribution < 1.29 is 13.2 Å². The molecule has 112 valence electrons. The van der Waals surface area contributed by atoms with E-state index in [4.69, 9.17) is 4.74 Å². The Kier molecular flexibility index (Phi) is 3.75. The van der Waals surface area contributed by atoms with Gasteiger partial charge in [0.1, 0.15) is 12.7 Å². The molecule has 0 unspecified atom stereocenters. The largest absolute Gasteiger partial charge is 0.372 e. The van der Waals surface area contributed by atoms with Crippen molar-refractivity contribution in [2.75, 3.05) is 0 Å². The van der Waals surface area contributed by atoms with Gasteiger partial charge in [-0.15, -0.1) is 0 Å². The Morgan fingerprint density at radius 3 is 2.95 bits per heavy atom. The van der Waals surface area contributed by atoms with Gasteiger partial charge in [-0.05, 0) is 30.2 Å². The van der Waals surface area contributed by atoms with E-state index in [1.807, 2.05) is 0 Å². The van der Waals surface area contributed by atoms with Crippen LogP contribution in [0.5, 0.6) is 0 Å². The van der Waals surface area contributed by atoms with Crippen molar-refractivity contribution in [2.24, 2.45) is 0 Å². The van der Waals surface area contributed by atoms with E-state index in [1.165, 1.54) is 6.33 Å². The number of ether oxygens (including phenoxy) is 1. The van der Waals surface area contributed by atoms with Crippen molar-refractivity contribution in [3.63, 3.8) is 0 Å². The summed E-state index contributed by atoms with van der Waals surface area (Å²) in [5.41, 5.74) is 1.98. The summed E-state index contributed by atoms with van der Waals surface area (Å²) in [7, 11) is -3.55. The van der Waals surface area contributed by atoms with Gasteiger partial charge in [-0.3, -0.25) is 4.68 Å². The van der Waals surface area contributed by atoms with Crippen LogP contribution in [0.3, 0.4) is 0 Å². The number of fused-ring (bicyclic) bond motifs is 1. The van der Waals surface area contributed by atoms with Crippen LogP contribution in [0.1, 0.15) is 18.1 Å². The lowest BCUT2D eigenvalue weighted by Crippen LogP contribution is -2.35. The molecular formula is C13H16N4O3S. The van der Waals surface area contributed by atoms with E-state index in [0.717, 1.165) is 11.1 Å². The van der Waals surface area contributed by atoms with Crippen LogP contribution in [-0.4, -0.2) is 29.2 Å². The van der Waals surface area contributed by atoms with E-state index in [2.05, 4.69) is 14.8 Å². The number of hydrogen-bond acceptors (Lipinski definition) is 5. The molecule has 8 heteroatoms. The molecule has 0 aliphatic carbocycles. The molecule has 1 aliphatic rings. The highest BCUT2D eigenvalue weighted by Crippen LogP contribution is 2.23. The summed E-state index contributed by atoms with van der Waals surface area (Å²) in [4.78, 5) is 4.09. The average molecular weight is 308 g/mol. The Morgan fingerprint density at radius 1 is 1.38 bits per heavy atom. The Hall–Kier alpha value is -1.77. The molecule has 1 atom stereocenters. The van der Waals surface area contributed by atoms with E-state index in [-0.39, 0.29) is 10.9 Å². The first-order valence-electron chi connectivity index (χ1n) is 6.59. The van der Waals surface area contributed by atoms with Gasteiger partial charge in [-0.2, -0.15) is 5.10 Å². The maximum absolute atomic E-state index is 12.4. The first kappa shape index (κ1) is 14.2. The van der Waals surface area contributed by atoms with Gasteiger partial charge in [-0.25, -0.2) is 18.1 Å². The molecule has 2 aromatic rings. The van der Waals surface area contributed by atoms with Crippen LogP contribution in [0, 0.1) is 0 Å². The van der Waals surface area contributed by atoms with Gasteiger partial charge in [0, 0.05) is 6.04 Å². The summed E-state index contributed by atoms with van der Waals surface area (Å²) in [5, 5.41) is 3.96. The van der Waals surface area contributed by atoms with Crippen LogP contribution in [0.15, 0.2) is 35.7 Å². The molecule has 0 amide bonds. The molecule has 21 heavy (non-hydrogen) atoms. The highest BCUT2D eigenvalue weighted by Gasteiger charge is 2.20. The van der Waals surface area contributed by atoms with Gasteiger partial charge in [0.2, 0.25) is 10.0 Å². The van der Waals surface area contributed by atoms with E-state index < -0.39 is 10.0 Å². The van der Waals surface area contributed by atoms with E-state index in [0.29, 0.717) is 19.8 Å². The van der Waals surface area contributed by atoms with E-state index in [9.17, 15) is 8.42 Å². The van der Waals surface area contributed by atoms with Crippen LogP contribution >= 0.6 is 0 Å². The molecule has 0 fully saturated rings. The highest BCUT2D eigenvalue weighted by molar-refractivity contribution is 7.89. The third-order valence-corrected chi connectivity index (χ3v) is 4.87. The minimum Gasteiger partial charge on any atom is -0.372 e. The van der Waals surface area contributed by atoms with Gasteiger partial charge in [0.25, 0.3) is 0 Å². The summed E-state index contributed by atoms with van der Waals surface area (Å²) in [6, 6.07) is 4.80. The Morgan fingerprint density at radius 2 is 2.19 bits per heavy atom. The second-order valence-electron chi connectivity index (χ2n) is 5.06. The molecular weight excluding hydrogens is 292 g/mol. The smallest absolute Gasteiger partial charge is 0.240 e. The molecule has 0 saturated carbocycles. The highest BCUT2D eigenvalue weighted by atomic mass is 32.2. The standard InChI is InChI=1S/C13H16N4O3S/c1-10(5-17-9-14-8-15-17)16-21(18,19)13-3-2-11-6-20-7-12(11)4-13/h2-4,8-10,16H,5-7H2,1H3/t10-/m1/s1. The Labute approximate surface area is 123 Å². The summed E-state index contributed by atoms with van der Waals surface area (Å²) in [6.45, 7) is 3.22. The van der Waals surface area contributed by atoms with E-state index >= 15 is 0 Å². The van der Waals surface area contributed by atoms with Gasteiger partial charge < -0.3 is 4.74 Å². The minimum atomic E-state index is -3.55. The van der Waals surface area contributed by atoms with Gasteiger partial charge in [0.05, 0.1) is 24.7 Å². The quantitative estimate of drug-likeness (QED) is 0.877. The first-order chi connectivity index (χ1) is 10.0. The maximum atomic E-state index is 12.4. The van der Waals surface area contributed by atoms with Gasteiger partial charge in [-0.1, -0.05) is 6.07 Å². The number of sulfonamides is 1. The zero-order chi connectivity index (χ0) is 14.9. The molecule has 0 spiro atoms. The molecule has 2 heterocycles. The normalized spacial score (nSPS) is 15.9. The monoisotopic (exact) mass is 308 g/mol. The molecule has 0 radical (unpaired) electrons. The molecule has 1 aliphatic heterocycles. The number of nitrogens with one attached hydrogen (secondary N) is 1. The predicted octanol–water partition coefficient (Wildman–Crippen LogP) is 0.675. The van der Waals surface area contributed by atoms with Gasteiger partial charge >= 0.3 is 0 Å². The predicted molar refractivity (Wildman–Crippen MR) is 74.7 cm³/mol. The van der Waals surface area contributed by atoms with Crippen LogP contribution in [0.25, 0.3) is 0 Å². The Bertz CT molecular complexity index is 728. The summed E-state index contributed by atoms with van der Waals surface area (Å²) in [5.74, 6) is 0. The third-order valence-electron chi connectivity index (χ3n) is 3.29. The zero-order valence-corrected chi connectivity index (χ0v) is 12.4. The number of benzene rings is 1. The second-order valence-corrected chi connectivity index (χ2v) is 6.78. The fourth-order valence-corrected chi connectivity index (χ4v) is 3.58. The van der Waals surface area contributed by atoms with Crippen LogP contribution in [0.2, 0.25) is 0 Å². The number of hydrogen-bond donors (Lipinski definition) is 1. The molecule has 1 aromatic carbocycles. The van der Waals surface area contributed by atoms with Crippen LogP contribution in [-0.2, 0) is 34.5 Å². The minimum absolute atomic E-state index is 0.261. The molecule has 1 aromatic heterocycles. The third kappa shape index (κ3) is 3.12. The van der Waals surface area contributed by atoms with Crippen molar-refractivity contribution in [3.05, 3.63) is 42.0 Å². The average Bonchev–Trinajstić information content (AvgIpc) is 3.07. The van der Waals surface area contributed by atoms with E-state index in [1.54, 1.807) is 36.1 Å². The topological polar surface area (TPSA) is 86.1 Å². The van der Waals surface area contributed by atoms with Crippen molar-refractivity contribution in [1.82, 2.24) is 19.5 Å². The number of rotatable bonds is 5. The molecule has 0 bridgehead atoms. The fraction of sp³-hybridized carbons (Fsp3) is 0.385. The lowest BCUT2D eigenvalue weighted by molar-refractivity contribution is 0.134. The lowest BCUT2D eigenvalue weighted by atomic mass is 10.1. The number of nitrogens with zero attached hydrogens (tertiary/aromatic N) is 3. The summed E-state index contributed by atoms with van der Waals surface area (Å²) in [6.07, 6.45) is 2.97. The molecule has 0 saturated heterocycles. The first-order valence-corrected chi connectivity index (χ1v) is 8.07. The van der Waals surface area contributed by atoms with Crippen molar-refractivity contribution in [2.45, 2.75) is 37.6 Å². The maximum Gasteiger partial charge on any atom is 0.240 e. The lowest BCUT2D eigenvalue weighted by Gasteiger charge is -2.14. The fourth-order valence-electron chi connectivity index (χ4n) is 2.29. The SMILES string of the molecule is C[C@H](Cn1cncn1)NS(=O)(=O)c1ccc2c(c1)COC2. The summed E-state index contributed by atoms with van der Waals surface area (Å²) < 4.78 is 34.3. The van der Waals surface area contributed by atoms with Gasteiger partial charge in [0.15, 0.2) is 0 Å².